The lowest BCUT2D eigenvalue weighted by Gasteiger charge is -2.25. The molecular weight excluding hydrogens is 633 g/mol. The van der Waals surface area contributed by atoms with Crippen LogP contribution in [0.15, 0.2) is 65.4 Å². The van der Waals surface area contributed by atoms with Crippen molar-refractivity contribution < 1.29 is 52.1 Å². The molecule has 0 aliphatic rings. The number of nitrogens with two attached hydrogens (primary N) is 1. The molecule has 2 aromatic carbocycles. The molecule has 0 spiro atoms. The van der Waals surface area contributed by atoms with Crippen LogP contribution in [0.5, 0.6) is 0 Å². The molecule has 0 radical (unpaired) electrons. The van der Waals surface area contributed by atoms with Crippen LogP contribution in [0.1, 0.15) is 50.2 Å². The molecule has 0 aliphatic carbocycles. The normalized spacial score (nSPS) is 12.2. The van der Waals surface area contributed by atoms with E-state index in [0.717, 1.165) is 11.1 Å². The van der Waals surface area contributed by atoms with Gasteiger partial charge >= 0.3 is 26.0 Å². The minimum Gasteiger partial charge on any atom is -0.480 e. The number of carbonyl (C=O) groups excluding carboxylic acids is 2. The topological polar surface area (TPSA) is 186 Å². The molecule has 0 heterocycles. The largest absolute Gasteiger partial charge is 0.508 e. The first-order chi connectivity index (χ1) is 22.6. The molecule has 0 bridgehead atoms. The van der Waals surface area contributed by atoms with E-state index in [1.807, 2.05) is 60.7 Å². The van der Waals surface area contributed by atoms with Crippen molar-refractivity contribution in [1.29, 1.82) is 0 Å². The highest BCUT2D eigenvalue weighted by Crippen LogP contribution is 2.50. The average molecular weight is 680 g/mol. The quantitative estimate of drug-likeness (QED) is 0.0516. The van der Waals surface area contributed by atoms with Crippen LogP contribution in [0.2, 0.25) is 0 Å². The van der Waals surface area contributed by atoms with E-state index in [1.54, 1.807) is 6.92 Å². The Morgan fingerprint density at radius 2 is 1.15 bits per heavy atom. The summed E-state index contributed by atoms with van der Waals surface area (Å²) in [4.78, 5) is 36.4. The van der Waals surface area contributed by atoms with Gasteiger partial charge in [-0.1, -0.05) is 67.6 Å². The summed E-state index contributed by atoms with van der Waals surface area (Å²) >= 11 is 0. The lowest BCUT2D eigenvalue weighted by molar-refractivity contribution is -0.141. The van der Waals surface area contributed by atoms with Crippen molar-refractivity contribution in [2.45, 2.75) is 57.9 Å². The van der Waals surface area contributed by atoms with E-state index in [9.17, 15) is 24.1 Å². The highest BCUT2D eigenvalue weighted by Gasteiger charge is 2.28. The van der Waals surface area contributed by atoms with Crippen molar-refractivity contribution in [1.82, 2.24) is 4.90 Å². The molecule has 14 nitrogen and oxygen atoms in total. The summed E-state index contributed by atoms with van der Waals surface area (Å²) in [6.45, 7) is 2.00. The molecule has 260 valence electrons. The second kappa shape index (κ2) is 22.4. The van der Waals surface area contributed by atoms with Gasteiger partial charge in [0.15, 0.2) is 0 Å². The third-order valence-electron chi connectivity index (χ3n) is 6.66. The molecule has 0 aromatic heterocycles. The average Bonchev–Trinajstić information content (AvgIpc) is 3.05. The zero-order valence-electron chi connectivity index (χ0n) is 27.0. The van der Waals surface area contributed by atoms with E-state index in [4.69, 9.17) is 33.7 Å². The van der Waals surface area contributed by atoms with Gasteiger partial charge < -0.3 is 34.7 Å². The van der Waals surface area contributed by atoms with Crippen LogP contribution >= 0.6 is 7.75 Å². The number of carboxylic acids is 1. The minimum atomic E-state index is -4.17. The molecular formula is C32H46N3O11P. The van der Waals surface area contributed by atoms with Crippen LogP contribution in [0.25, 0.3) is 0 Å². The summed E-state index contributed by atoms with van der Waals surface area (Å²) < 4.78 is 48.6. The molecule has 2 rings (SSSR count). The summed E-state index contributed by atoms with van der Waals surface area (Å²) in [6, 6.07) is 18.2. The van der Waals surface area contributed by atoms with Gasteiger partial charge in [0.2, 0.25) is 5.96 Å². The fourth-order valence-electron chi connectivity index (χ4n) is 4.02. The smallest absolute Gasteiger partial charge is 0.480 e. The maximum absolute atomic E-state index is 13.5. The highest BCUT2D eigenvalue weighted by atomic mass is 31.2. The van der Waals surface area contributed by atoms with E-state index < -0.39 is 32.1 Å². The van der Waals surface area contributed by atoms with Crippen LogP contribution in [-0.4, -0.2) is 87.0 Å². The lowest BCUT2D eigenvalue weighted by Crippen LogP contribution is -2.45. The molecule has 47 heavy (non-hydrogen) atoms. The Balaban J connectivity index is 1.75. The summed E-state index contributed by atoms with van der Waals surface area (Å²) in [5, 5.41) is 9.44. The fraction of sp³-hybridized carbons (Fsp3) is 0.500. The Hall–Kier alpha value is -4.13. The van der Waals surface area contributed by atoms with Crippen molar-refractivity contribution in [3.05, 3.63) is 71.8 Å². The van der Waals surface area contributed by atoms with Gasteiger partial charge in [0, 0.05) is 19.9 Å². The standard InChI is InChI=1S/C32H46N3O11P/c1-3-28(29(36)37)35(2)30(33)34-47(40,45-22-12-10-20-41-31(38)43-24-18-26-14-6-4-7-15-26)46-23-13-11-21-42-32(39)44-25-19-27-16-8-5-9-17-27/h4-9,14-17,28H,3,10-13,18-25H2,1-2H3,(H,36,37)(H2,33,34,40). The second-order valence-corrected chi connectivity index (χ2v) is 11.9. The second-order valence-electron chi connectivity index (χ2n) is 10.2. The fourth-order valence-corrected chi connectivity index (χ4v) is 5.32. The number of carboxylic acid groups (broad SMARTS) is 1. The first-order valence-corrected chi connectivity index (χ1v) is 17.0. The van der Waals surface area contributed by atoms with Crippen molar-refractivity contribution >= 4 is 32.0 Å². The minimum absolute atomic E-state index is 0.0539. The van der Waals surface area contributed by atoms with Crippen molar-refractivity contribution in [2.24, 2.45) is 10.5 Å². The van der Waals surface area contributed by atoms with Crippen LogP contribution < -0.4 is 5.73 Å². The van der Waals surface area contributed by atoms with Crippen molar-refractivity contribution in [3.63, 3.8) is 0 Å². The van der Waals surface area contributed by atoms with E-state index >= 15 is 0 Å². The predicted octanol–water partition coefficient (Wildman–Crippen LogP) is 5.59. The Labute approximate surface area is 275 Å². The number of carbonyl (C=O) groups is 3. The molecule has 0 fully saturated rings. The van der Waals surface area contributed by atoms with Gasteiger partial charge in [-0.2, -0.15) is 0 Å². The number of aliphatic carboxylic acids is 1. The third kappa shape index (κ3) is 16.8. The van der Waals surface area contributed by atoms with Crippen LogP contribution in [0, 0.1) is 0 Å². The van der Waals surface area contributed by atoms with Gasteiger partial charge in [0.05, 0.1) is 39.6 Å². The number of benzene rings is 2. The van der Waals surface area contributed by atoms with Crippen LogP contribution in [0.3, 0.4) is 0 Å². The number of hydrogen-bond acceptors (Lipinski definition) is 10. The van der Waals surface area contributed by atoms with Crippen molar-refractivity contribution in [2.75, 3.05) is 46.7 Å². The van der Waals surface area contributed by atoms with Gasteiger partial charge in [-0.25, -0.2) is 18.9 Å². The number of unbranched alkanes of at least 4 members (excludes halogenated alkanes) is 2. The van der Waals surface area contributed by atoms with Gasteiger partial charge in [0.25, 0.3) is 0 Å². The predicted molar refractivity (Wildman–Crippen MR) is 174 cm³/mol. The van der Waals surface area contributed by atoms with E-state index in [2.05, 4.69) is 4.76 Å². The number of guanidine groups is 1. The van der Waals surface area contributed by atoms with Gasteiger partial charge in [-0.05, 0) is 43.2 Å². The number of nitrogens with zero attached hydrogens (tertiary/aromatic N) is 2. The number of ether oxygens (including phenoxy) is 4. The lowest BCUT2D eigenvalue weighted by atomic mass is 10.2. The molecule has 2 aromatic rings. The van der Waals surface area contributed by atoms with Crippen molar-refractivity contribution in [3.8, 4) is 0 Å². The molecule has 3 N–H and O–H groups in total. The first kappa shape index (κ1) is 39.1. The summed E-state index contributed by atoms with van der Waals surface area (Å²) in [5.74, 6) is -1.45. The Morgan fingerprint density at radius 3 is 1.55 bits per heavy atom. The highest BCUT2D eigenvalue weighted by molar-refractivity contribution is 7.52. The first-order valence-electron chi connectivity index (χ1n) is 15.5. The summed E-state index contributed by atoms with van der Waals surface area (Å²) in [6.07, 6.45) is 1.21. The maximum Gasteiger partial charge on any atom is 0.508 e. The van der Waals surface area contributed by atoms with E-state index in [0.29, 0.717) is 38.5 Å². The SMILES string of the molecule is CCC(C(=O)O)N(C)C(N)=NP(=O)(OCCCCOC(=O)OCCc1ccccc1)OCCCCOC(=O)OCCc1ccccc1. The summed E-state index contributed by atoms with van der Waals surface area (Å²) in [5.41, 5.74) is 8.05. The molecule has 0 saturated heterocycles. The Kier molecular flexibility index (Phi) is 18.6. The van der Waals surface area contributed by atoms with E-state index in [1.165, 1.54) is 11.9 Å². The third-order valence-corrected chi connectivity index (χ3v) is 8.13. The molecule has 0 amide bonds. The van der Waals surface area contributed by atoms with Crippen LogP contribution in [0.4, 0.5) is 9.59 Å². The van der Waals surface area contributed by atoms with Crippen LogP contribution in [-0.2, 0) is 50.2 Å². The molecule has 15 heteroatoms. The monoisotopic (exact) mass is 679 g/mol. The zero-order chi connectivity index (χ0) is 34.3. The molecule has 0 saturated carbocycles. The zero-order valence-corrected chi connectivity index (χ0v) is 27.9. The molecule has 1 unspecified atom stereocenters. The number of rotatable bonds is 22. The van der Waals surface area contributed by atoms with Gasteiger partial charge in [-0.15, -0.1) is 4.76 Å². The molecule has 1 atom stereocenters. The summed E-state index contributed by atoms with van der Waals surface area (Å²) in [7, 11) is -2.76. The number of hydrogen-bond donors (Lipinski definition) is 2. The number of likely N-dealkylation sites (N-methyl/N-ethyl adjacent to an activating group) is 1. The molecule has 0 aliphatic heterocycles. The van der Waals surface area contributed by atoms with Gasteiger partial charge in [0.1, 0.15) is 6.04 Å². The Bertz CT molecular complexity index is 1210. The maximum atomic E-state index is 13.5. The van der Waals surface area contributed by atoms with E-state index in [-0.39, 0.29) is 52.0 Å². The Morgan fingerprint density at radius 1 is 0.745 bits per heavy atom. The van der Waals surface area contributed by atoms with Gasteiger partial charge in [-0.3, -0.25) is 9.05 Å².